The van der Waals surface area contributed by atoms with E-state index in [1.807, 2.05) is 12.3 Å². The molecule has 0 radical (unpaired) electrons. The maximum absolute atomic E-state index is 4.35. The number of alkyl halides is 1. The molecule has 1 nitrogen and oxygen atoms in total. The normalized spacial score (nSPS) is 10.8. The standard InChI is InChI=1S/C11H14IN/c12-8-4-5-9-13-10-11-6-2-1-3-7-11/h1-3,6-7,9H,4-5,8,10H2/b13-9+. The van der Waals surface area contributed by atoms with Crippen molar-refractivity contribution in [1.29, 1.82) is 0 Å². The maximum atomic E-state index is 4.35. The van der Waals surface area contributed by atoms with Crippen LogP contribution in [0.25, 0.3) is 0 Å². The summed E-state index contributed by atoms with van der Waals surface area (Å²) in [7, 11) is 0. The SMILES string of the molecule is ICCC/C=N/Cc1ccccc1. The molecule has 0 fully saturated rings. The fourth-order valence-electron chi connectivity index (χ4n) is 1.01. The van der Waals surface area contributed by atoms with Crippen LogP contribution in [0.4, 0.5) is 0 Å². The average molecular weight is 287 g/mol. The molecule has 0 heterocycles. The fraction of sp³-hybridized carbons (Fsp3) is 0.364. The topological polar surface area (TPSA) is 12.4 Å². The Bertz CT molecular complexity index is 244. The molecule has 0 amide bonds. The largest absolute Gasteiger partial charge is 0.293 e. The van der Waals surface area contributed by atoms with Gasteiger partial charge < -0.3 is 0 Å². The van der Waals surface area contributed by atoms with Crippen molar-refractivity contribution >= 4 is 28.8 Å². The third-order valence-electron chi connectivity index (χ3n) is 1.71. The molecule has 0 atom stereocenters. The first-order valence-electron chi connectivity index (χ1n) is 4.51. The lowest BCUT2D eigenvalue weighted by Gasteiger charge is -1.94. The molecule has 1 rings (SSSR count). The van der Waals surface area contributed by atoms with E-state index in [0.717, 1.165) is 13.0 Å². The van der Waals surface area contributed by atoms with Gasteiger partial charge in [0.25, 0.3) is 0 Å². The lowest BCUT2D eigenvalue weighted by atomic mass is 10.2. The van der Waals surface area contributed by atoms with Crippen LogP contribution in [-0.4, -0.2) is 10.6 Å². The Labute approximate surface area is 93.4 Å². The number of rotatable bonds is 5. The molecule has 0 aliphatic rings. The molecule has 1 aromatic carbocycles. The summed E-state index contributed by atoms with van der Waals surface area (Å²) in [5, 5.41) is 0. The second kappa shape index (κ2) is 7.06. The molecule has 0 bridgehead atoms. The molecule has 0 aromatic heterocycles. The molecule has 13 heavy (non-hydrogen) atoms. The van der Waals surface area contributed by atoms with Crippen molar-refractivity contribution in [3.63, 3.8) is 0 Å². The van der Waals surface area contributed by atoms with Gasteiger partial charge in [-0.3, -0.25) is 4.99 Å². The van der Waals surface area contributed by atoms with Crippen LogP contribution in [0.3, 0.4) is 0 Å². The van der Waals surface area contributed by atoms with Crippen LogP contribution >= 0.6 is 22.6 Å². The number of nitrogens with zero attached hydrogens (tertiary/aromatic N) is 1. The first kappa shape index (κ1) is 10.7. The van der Waals surface area contributed by atoms with Gasteiger partial charge in [-0.05, 0) is 29.0 Å². The first-order chi connectivity index (χ1) is 6.43. The van der Waals surface area contributed by atoms with Crippen molar-refractivity contribution in [2.75, 3.05) is 4.43 Å². The van der Waals surface area contributed by atoms with Gasteiger partial charge in [0.1, 0.15) is 0 Å². The van der Waals surface area contributed by atoms with Crippen LogP contribution in [0.2, 0.25) is 0 Å². The summed E-state index contributed by atoms with van der Waals surface area (Å²) in [6.07, 6.45) is 4.38. The van der Waals surface area contributed by atoms with Gasteiger partial charge >= 0.3 is 0 Å². The van der Waals surface area contributed by atoms with Gasteiger partial charge in [-0.1, -0.05) is 52.9 Å². The molecule has 1 aromatic rings. The van der Waals surface area contributed by atoms with Crippen LogP contribution in [0.5, 0.6) is 0 Å². The van der Waals surface area contributed by atoms with Crippen LogP contribution in [0, 0.1) is 0 Å². The molecule has 0 aliphatic heterocycles. The Morgan fingerprint density at radius 3 is 2.69 bits per heavy atom. The predicted molar refractivity (Wildman–Crippen MR) is 66.8 cm³/mol. The van der Waals surface area contributed by atoms with E-state index in [1.165, 1.54) is 16.4 Å². The zero-order valence-electron chi connectivity index (χ0n) is 7.62. The van der Waals surface area contributed by atoms with Crippen molar-refractivity contribution in [1.82, 2.24) is 0 Å². The molecule has 2 heteroatoms. The summed E-state index contributed by atoms with van der Waals surface area (Å²) in [6, 6.07) is 10.3. The van der Waals surface area contributed by atoms with Crippen molar-refractivity contribution < 1.29 is 0 Å². The number of hydrogen-bond donors (Lipinski definition) is 0. The number of halogens is 1. The molecule has 0 unspecified atom stereocenters. The summed E-state index contributed by atoms with van der Waals surface area (Å²) < 4.78 is 1.22. The number of unbranched alkanes of at least 4 members (excludes halogenated alkanes) is 1. The Balaban J connectivity index is 2.23. The van der Waals surface area contributed by atoms with Gasteiger partial charge in [-0.2, -0.15) is 0 Å². The minimum atomic E-state index is 0.822. The number of aliphatic imine (C=N–C) groups is 1. The Morgan fingerprint density at radius 1 is 1.23 bits per heavy atom. The Morgan fingerprint density at radius 2 is 2.00 bits per heavy atom. The molecule has 0 saturated heterocycles. The van der Waals surface area contributed by atoms with Gasteiger partial charge in [0.2, 0.25) is 0 Å². The Hall–Kier alpha value is -0.380. The third kappa shape index (κ3) is 5.03. The smallest absolute Gasteiger partial charge is 0.0635 e. The van der Waals surface area contributed by atoms with Crippen molar-refractivity contribution in [2.45, 2.75) is 19.4 Å². The van der Waals surface area contributed by atoms with Crippen molar-refractivity contribution in [3.05, 3.63) is 35.9 Å². The van der Waals surface area contributed by atoms with E-state index in [1.54, 1.807) is 0 Å². The van der Waals surface area contributed by atoms with Crippen LogP contribution < -0.4 is 0 Å². The zero-order chi connectivity index (χ0) is 9.36. The highest BCUT2D eigenvalue weighted by Crippen LogP contribution is 2.00. The molecular formula is C11H14IN. The fourth-order valence-corrected chi connectivity index (χ4v) is 1.45. The Kier molecular flexibility index (Phi) is 5.81. The summed E-state index contributed by atoms with van der Waals surface area (Å²) in [4.78, 5) is 4.35. The third-order valence-corrected chi connectivity index (χ3v) is 2.48. The van der Waals surface area contributed by atoms with Crippen molar-refractivity contribution in [3.8, 4) is 0 Å². The molecule has 70 valence electrons. The highest BCUT2D eigenvalue weighted by Gasteiger charge is 1.85. The lowest BCUT2D eigenvalue weighted by molar-refractivity contribution is 1.01. The molecule has 0 N–H and O–H groups in total. The van der Waals surface area contributed by atoms with E-state index < -0.39 is 0 Å². The average Bonchev–Trinajstić information content (AvgIpc) is 2.19. The van der Waals surface area contributed by atoms with Gasteiger partial charge in [-0.15, -0.1) is 0 Å². The van der Waals surface area contributed by atoms with Gasteiger partial charge in [0.05, 0.1) is 6.54 Å². The van der Waals surface area contributed by atoms with E-state index in [-0.39, 0.29) is 0 Å². The molecule has 0 aliphatic carbocycles. The van der Waals surface area contributed by atoms with E-state index >= 15 is 0 Å². The summed E-state index contributed by atoms with van der Waals surface area (Å²) in [6.45, 7) is 0.822. The van der Waals surface area contributed by atoms with Gasteiger partial charge in [-0.25, -0.2) is 0 Å². The van der Waals surface area contributed by atoms with Crippen LogP contribution in [0.15, 0.2) is 35.3 Å². The summed E-state index contributed by atoms with van der Waals surface area (Å²) in [5.74, 6) is 0. The molecular weight excluding hydrogens is 273 g/mol. The van der Waals surface area contributed by atoms with Crippen LogP contribution in [-0.2, 0) is 6.54 Å². The quantitative estimate of drug-likeness (QED) is 0.340. The molecule has 0 spiro atoms. The highest BCUT2D eigenvalue weighted by atomic mass is 127. The zero-order valence-corrected chi connectivity index (χ0v) is 9.78. The predicted octanol–water partition coefficient (Wildman–Crippen LogP) is 3.47. The molecule has 0 saturated carbocycles. The second-order valence-corrected chi connectivity index (χ2v) is 3.92. The van der Waals surface area contributed by atoms with E-state index in [0.29, 0.717) is 0 Å². The summed E-state index contributed by atoms with van der Waals surface area (Å²) in [5.41, 5.74) is 1.29. The minimum absolute atomic E-state index is 0.822. The van der Waals surface area contributed by atoms with E-state index in [4.69, 9.17) is 0 Å². The first-order valence-corrected chi connectivity index (χ1v) is 6.04. The number of hydrogen-bond acceptors (Lipinski definition) is 1. The van der Waals surface area contributed by atoms with Gasteiger partial charge in [0.15, 0.2) is 0 Å². The number of benzene rings is 1. The summed E-state index contributed by atoms with van der Waals surface area (Å²) >= 11 is 2.39. The lowest BCUT2D eigenvalue weighted by Crippen LogP contribution is -1.82. The van der Waals surface area contributed by atoms with E-state index in [2.05, 4.69) is 51.8 Å². The second-order valence-electron chi connectivity index (χ2n) is 2.84. The van der Waals surface area contributed by atoms with Gasteiger partial charge in [0, 0.05) is 0 Å². The monoisotopic (exact) mass is 287 g/mol. The minimum Gasteiger partial charge on any atom is -0.293 e. The van der Waals surface area contributed by atoms with E-state index in [9.17, 15) is 0 Å². The van der Waals surface area contributed by atoms with Crippen LogP contribution in [0.1, 0.15) is 18.4 Å². The van der Waals surface area contributed by atoms with Crippen molar-refractivity contribution in [2.24, 2.45) is 4.99 Å². The maximum Gasteiger partial charge on any atom is 0.0635 e. The highest BCUT2D eigenvalue weighted by molar-refractivity contribution is 14.1.